The zero-order valence-electron chi connectivity index (χ0n) is 11.2. The fraction of sp³-hybridized carbons (Fsp3) is 0.357. The van der Waals surface area contributed by atoms with Crippen molar-refractivity contribution in [1.29, 1.82) is 0 Å². The Morgan fingerprint density at radius 2 is 2.16 bits per heavy atom. The average Bonchev–Trinajstić information content (AvgIpc) is 2.45. The van der Waals surface area contributed by atoms with Crippen LogP contribution in [0.4, 0.5) is 11.4 Å². The van der Waals surface area contributed by atoms with Crippen molar-refractivity contribution in [3.8, 4) is 0 Å². The number of hydrogen-bond donors (Lipinski definition) is 2. The lowest BCUT2D eigenvalue weighted by Gasteiger charge is -2.17. The number of benzene rings is 1. The van der Waals surface area contributed by atoms with E-state index in [9.17, 15) is 0 Å². The van der Waals surface area contributed by atoms with Crippen LogP contribution < -0.4 is 11.1 Å². The number of fused-ring (bicyclic) bond motifs is 1. The van der Waals surface area contributed by atoms with Gasteiger partial charge in [0.15, 0.2) is 0 Å². The van der Waals surface area contributed by atoms with Gasteiger partial charge in [-0.3, -0.25) is 4.98 Å². The van der Waals surface area contributed by atoms with Crippen molar-refractivity contribution in [2.75, 3.05) is 38.4 Å². The normalized spacial score (nSPS) is 12.5. The highest BCUT2D eigenvalue weighted by Crippen LogP contribution is 2.27. The highest BCUT2D eigenvalue weighted by Gasteiger charge is 2.09. The Bertz CT molecular complexity index is 545. The van der Waals surface area contributed by atoms with Gasteiger partial charge in [-0.05, 0) is 12.1 Å². The summed E-state index contributed by atoms with van der Waals surface area (Å²) in [5, 5.41) is 5.32. The summed E-state index contributed by atoms with van der Waals surface area (Å²) < 4.78 is 10.4. The Morgan fingerprint density at radius 3 is 2.89 bits per heavy atom. The lowest BCUT2D eigenvalue weighted by molar-refractivity contribution is 0.0366. The van der Waals surface area contributed by atoms with Crippen LogP contribution in [0, 0.1) is 0 Å². The van der Waals surface area contributed by atoms with E-state index in [1.807, 2.05) is 18.2 Å². The predicted octanol–water partition coefficient (Wildman–Crippen LogP) is 1.89. The van der Waals surface area contributed by atoms with Gasteiger partial charge in [-0.1, -0.05) is 6.07 Å². The number of rotatable bonds is 6. The molecule has 0 aliphatic heterocycles. The zero-order valence-corrected chi connectivity index (χ0v) is 11.2. The molecule has 0 radical (unpaired) electrons. The van der Waals surface area contributed by atoms with Gasteiger partial charge in [0, 0.05) is 43.9 Å². The zero-order chi connectivity index (χ0) is 13.7. The van der Waals surface area contributed by atoms with Gasteiger partial charge in [-0.25, -0.2) is 0 Å². The number of hydrogen-bond acceptors (Lipinski definition) is 5. The highest BCUT2D eigenvalue weighted by molar-refractivity contribution is 5.98. The van der Waals surface area contributed by atoms with Crippen molar-refractivity contribution in [3.05, 3.63) is 30.6 Å². The second-order valence-corrected chi connectivity index (χ2v) is 4.32. The maximum Gasteiger partial charge on any atom is 0.0976 e. The van der Waals surface area contributed by atoms with Gasteiger partial charge < -0.3 is 20.5 Å². The number of anilines is 2. The number of methoxy groups -OCH3 is 2. The van der Waals surface area contributed by atoms with Gasteiger partial charge in [0.25, 0.3) is 0 Å². The quantitative estimate of drug-likeness (QED) is 0.777. The molecule has 3 N–H and O–H groups in total. The SMILES string of the molecule is COCC(CNc1ccc2cnccc2c1N)OC. The highest BCUT2D eigenvalue weighted by atomic mass is 16.5. The van der Waals surface area contributed by atoms with E-state index in [0.29, 0.717) is 13.2 Å². The Balaban J connectivity index is 2.14. The van der Waals surface area contributed by atoms with Crippen LogP contribution in [-0.2, 0) is 9.47 Å². The number of nitrogen functional groups attached to an aromatic ring is 1. The lowest BCUT2D eigenvalue weighted by Crippen LogP contribution is -2.26. The molecule has 0 saturated heterocycles. The largest absolute Gasteiger partial charge is 0.397 e. The molecule has 102 valence electrons. The summed E-state index contributed by atoms with van der Waals surface area (Å²) in [7, 11) is 3.32. The van der Waals surface area contributed by atoms with Gasteiger partial charge in [-0.15, -0.1) is 0 Å². The van der Waals surface area contributed by atoms with Gasteiger partial charge >= 0.3 is 0 Å². The predicted molar refractivity (Wildman–Crippen MR) is 77.3 cm³/mol. The van der Waals surface area contributed by atoms with Crippen LogP contribution in [0.15, 0.2) is 30.6 Å². The first-order valence-corrected chi connectivity index (χ1v) is 6.14. The maximum atomic E-state index is 6.16. The molecule has 2 rings (SSSR count). The summed E-state index contributed by atoms with van der Waals surface area (Å²) in [5.74, 6) is 0. The molecule has 1 heterocycles. The molecule has 5 heteroatoms. The average molecular weight is 261 g/mol. The Morgan fingerprint density at radius 1 is 1.32 bits per heavy atom. The molecule has 0 bridgehead atoms. The second-order valence-electron chi connectivity index (χ2n) is 4.32. The molecule has 0 saturated carbocycles. The molecular weight excluding hydrogens is 242 g/mol. The lowest BCUT2D eigenvalue weighted by atomic mass is 10.1. The molecule has 1 unspecified atom stereocenters. The first-order chi connectivity index (χ1) is 9.26. The third-order valence-corrected chi connectivity index (χ3v) is 3.07. The summed E-state index contributed by atoms with van der Waals surface area (Å²) in [6.07, 6.45) is 3.54. The monoisotopic (exact) mass is 261 g/mol. The number of ether oxygens (including phenoxy) is 2. The number of nitrogens with zero attached hydrogens (tertiary/aromatic N) is 1. The van der Waals surface area contributed by atoms with Crippen molar-refractivity contribution in [1.82, 2.24) is 4.98 Å². The van der Waals surface area contributed by atoms with E-state index in [1.165, 1.54) is 0 Å². The van der Waals surface area contributed by atoms with Crippen molar-refractivity contribution in [3.63, 3.8) is 0 Å². The van der Waals surface area contributed by atoms with Crippen molar-refractivity contribution in [2.45, 2.75) is 6.10 Å². The van der Waals surface area contributed by atoms with E-state index in [2.05, 4.69) is 10.3 Å². The number of nitrogens with two attached hydrogens (primary N) is 1. The molecule has 5 nitrogen and oxygen atoms in total. The summed E-state index contributed by atoms with van der Waals surface area (Å²) in [4.78, 5) is 4.08. The van der Waals surface area contributed by atoms with Crippen LogP contribution in [0.3, 0.4) is 0 Å². The van der Waals surface area contributed by atoms with Crippen LogP contribution in [0.2, 0.25) is 0 Å². The molecule has 1 atom stereocenters. The molecule has 2 aromatic rings. The molecule has 1 aromatic heterocycles. The van der Waals surface area contributed by atoms with E-state index < -0.39 is 0 Å². The summed E-state index contributed by atoms with van der Waals surface area (Å²) in [5.41, 5.74) is 7.79. The molecule has 0 aliphatic rings. The van der Waals surface area contributed by atoms with Gasteiger partial charge in [0.1, 0.15) is 0 Å². The number of aromatic nitrogens is 1. The van der Waals surface area contributed by atoms with E-state index in [1.54, 1.807) is 26.6 Å². The van der Waals surface area contributed by atoms with Crippen LogP contribution in [0.1, 0.15) is 0 Å². The van der Waals surface area contributed by atoms with Crippen LogP contribution in [0.5, 0.6) is 0 Å². The second kappa shape index (κ2) is 6.36. The third-order valence-electron chi connectivity index (χ3n) is 3.07. The van der Waals surface area contributed by atoms with Crippen LogP contribution in [0.25, 0.3) is 10.8 Å². The van der Waals surface area contributed by atoms with Crippen molar-refractivity contribution in [2.24, 2.45) is 0 Å². The smallest absolute Gasteiger partial charge is 0.0976 e. The summed E-state index contributed by atoms with van der Waals surface area (Å²) in [6, 6.07) is 5.87. The van der Waals surface area contributed by atoms with E-state index in [4.69, 9.17) is 15.2 Å². The van der Waals surface area contributed by atoms with Gasteiger partial charge in [-0.2, -0.15) is 0 Å². The molecule has 0 spiro atoms. The topological polar surface area (TPSA) is 69.4 Å². The fourth-order valence-corrected chi connectivity index (χ4v) is 1.97. The minimum atomic E-state index is -0.00228. The first kappa shape index (κ1) is 13.6. The molecule has 0 fully saturated rings. The molecule has 1 aromatic carbocycles. The van der Waals surface area contributed by atoms with Crippen LogP contribution in [-0.4, -0.2) is 38.5 Å². The van der Waals surface area contributed by atoms with Crippen molar-refractivity contribution < 1.29 is 9.47 Å². The Labute approximate surface area is 112 Å². The Kier molecular flexibility index (Phi) is 4.54. The molecule has 19 heavy (non-hydrogen) atoms. The number of nitrogens with one attached hydrogen (secondary N) is 1. The van der Waals surface area contributed by atoms with E-state index in [0.717, 1.165) is 22.1 Å². The van der Waals surface area contributed by atoms with Gasteiger partial charge in [0.2, 0.25) is 0 Å². The minimum Gasteiger partial charge on any atom is -0.397 e. The summed E-state index contributed by atoms with van der Waals surface area (Å²) in [6.45, 7) is 1.19. The molecular formula is C14H19N3O2. The van der Waals surface area contributed by atoms with Crippen LogP contribution >= 0.6 is 0 Å². The molecule has 0 amide bonds. The standard InChI is InChI=1S/C14H19N3O2/c1-18-9-11(19-2)8-17-13-4-3-10-7-16-6-5-12(10)14(13)15/h3-7,11,17H,8-9,15H2,1-2H3. The van der Waals surface area contributed by atoms with E-state index >= 15 is 0 Å². The summed E-state index contributed by atoms with van der Waals surface area (Å²) >= 11 is 0. The molecule has 0 aliphatic carbocycles. The third kappa shape index (κ3) is 3.13. The van der Waals surface area contributed by atoms with Crippen molar-refractivity contribution >= 4 is 22.1 Å². The number of pyridine rings is 1. The van der Waals surface area contributed by atoms with Gasteiger partial charge in [0.05, 0.1) is 24.1 Å². The Hall–Kier alpha value is -1.85. The minimum absolute atomic E-state index is 0.00228. The first-order valence-electron chi connectivity index (χ1n) is 6.14. The van der Waals surface area contributed by atoms with E-state index in [-0.39, 0.29) is 6.10 Å². The fourth-order valence-electron chi connectivity index (χ4n) is 1.97. The maximum absolute atomic E-state index is 6.16.